The zero-order chi connectivity index (χ0) is 24.8. The van der Waals surface area contributed by atoms with E-state index < -0.39 is 17.7 Å². The maximum absolute atomic E-state index is 12.3. The van der Waals surface area contributed by atoms with Crippen molar-refractivity contribution in [1.82, 2.24) is 9.55 Å². The SMILES string of the molecule is CCCCc1nc(C(O)C(C)C)c(C#N)n1Cc1ccc(-c2ccccc2C(=O)C(C)=O)cc1. The number of rotatable bonds is 10. The molecule has 0 aliphatic carbocycles. The van der Waals surface area contributed by atoms with E-state index in [1.165, 1.54) is 6.92 Å². The molecule has 1 heterocycles. The first-order valence-corrected chi connectivity index (χ1v) is 11.7. The predicted molar refractivity (Wildman–Crippen MR) is 131 cm³/mol. The summed E-state index contributed by atoms with van der Waals surface area (Å²) in [5.74, 6) is -0.248. The van der Waals surface area contributed by atoms with Gasteiger partial charge in [0.25, 0.3) is 0 Å². The Kier molecular flexibility index (Phi) is 8.14. The number of hydrogen-bond acceptors (Lipinski definition) is 5. The molecule has 3 rings (SSSR count). The fraction of sp³-hybridized carbons (Fsp3) is 0.357. The van der Waals surface area contributed by atoms with Crippen LogP contribution in [0.4, 0.5) is 0 Å². The van der Waals surface area contributed by atoms with Crippen LogP contribution in [0, 0.1) is 17.2 Å². The molecule has 0 fully saturated rings. The molecule has 0 amide bonds. The van der Waals surface area contributed by atoms with Gasteiger partial charge >= 0.3 is 0 Å². The van der Waals surface area contributed by atoms with Crippen molar-refractivity contribution in [2.24, 2.45) is 5.92 Å². The van der Waals surface area contributed by atoms with Crippen molar-refractivity contribution in [1.29, 1.82) is 5.26 Å². The fourth-order valence-corrected chi connectivity index (χ4v) is 3.95. The normalized spacial score (nSPS) is 11.9. The van der Waals surface area contributed by atoms with E-state index in [2.05, 4.69) is 18.0 Å². The van der Waals surface area contributed by atoms with Crippen molar-refractivity contribution in [2.45, 2.75) is 59.6 Å². The smallest absolute Gasteiger partial charge is 0.228 e. The number of ketones is 2. The van der Waals surface area contributed by atoms with Crippen LogP contribution >= 0.6 is 0 Å². The van der Waals surface area contributed by atoms with Crippen LogP contribution in [-0.4, -0.2) is 26.2 Å². The second-order valence-electron chi connectivity index (χ2n) is 8.88. The number of aryl methyl sites for hydroxylation is 1. The van der Waals surface area contributed by atoms with Crippen LogP contribution in [0.5, 0.6) is 0 Å². The predicted octanol–water partition coefficient (Wildman–Crippen LogP) is 5.27. The van der Waals surface area contributed by atoms with Crippen molar-refractivity contribution in [3.05, 3.63) is 76.9 Å². The van der Waals surface area contributed by atoms with Crippen molar-refractivity contribution >= 4 is 11.6 Å². The number of nitrogens with zero attached hydrogens (tertiary/aromatic N) is 3. The third kappa shape index (κ3) is 5.32. The molecule has 6 nitrogen and oxygen atoms in total. The van der Waals surface area contributed by atoms with Crippen LogP contribution < -0.4 is 0 Å². The van der Waals surface area contributed by atoms with Gasteiger partial charge in [-0.1, -0.05) is 75.7 Å². The Labute approximate surface area is 200 Å². The Bertz CT molecular complexity index is 1220. The lowest BCUT2D eigenvalue weighted by Gasteiger charge is -2.13. The average Bonchev–Trinajstić information content (AvgIpc) is 3.18. The van der Waals surface area contributed by atoms with E-state index in [9.17, 15) is 20.0 Å². The van der Waals surface area contributed by atoms with E-state index >= 15 is 0 Å². The van der Waals surface area contributed by atoms with Gasteiger partial charge in [0.2, 0.25) is 5.78 Å². The number of unbranched alkanes of at least 4 members (excludes halogenated alkanes) is 1. The van der Waals surface area contributed by atoms with Crippen molar-refractivity contribution in [3.8, 4) is 17.2 Å². The molecule has 0 radical (unpaired) electrons. The van der Waals surface area contributed by atoms with E-state index in [4.69, 9.17) is 0 Å². The molecule has 0 bridgehead atoms. The van der Waals surface area contributed by atoms with E-state index in [1.807, 2.05) is 54.8 Å². The van der Waals surface area contributed by atoms with Crippen LogP contribution in [0.3, 0.4) is 0 Å². The zero-order valence-corrected chi connectivity index (χ0v) is 20.2. The summed E-state index contributed by atoms with van der Waals surface area (Å²) in [5, 5.41) is 20.5. The first-order valence-electron chi connectivity index (χ1n) is 11.7. The Hall–Kier alpha value is -3.56. The zero-order valence-electron chi connectivity index (χ0n) is 20.2. The van der Waals surface area contributed by atoms with E-state index in [-0.39, 0.29) is 5.92 Å². The molecule has 0 aliphatic rings. The molecule has 1 unspecified atom stereocenters. The molecule has 0 aliphatic heterocycles. The lowest BCUT2D eigenvalue weighted by molar-refractivity contribution is -0.113. The summed E-state index contributed by atoms with van der Waals surface area (Å²) < 4.78 is 1.90. The number of hydrogen-bond donors (Lipinski definition) is 1. The van der Waals surface area contributed by atoms with Crippen LogP contribution in [0.2, 0.25) is 0 Å². The van der Waals surface area contributed by atoms with Gasteiger partial charge in [-0.2, -0.15) is 5.26 Å². The third-order valence-corrected chi connectivity index (χ3v) is 5.94. The standard InChI is InChI=1S/C28H31N3O3/c1-5-6-11-25-30-26(27(33)18(2)3)24(16-29)31(25)17-20-12-14-21(15-13-20)22-9-7-8-10-23(22)28(34)19(4)32/h7-10,12-15,18,27,33H,5-6,11,17H2,1-4H3. The number of imidazole rings is 1. The van der Waals surface area contributed by atoms with Gasteiger partial charge in [-0.3, -0.25) is 9.59 Å². The monoisotopic (exact) mass is 457 g/mol. The Balaban J connectivity index is 1.97. The van der Waals surface area contributed by atoms with Crippen molar-refractivity contribution in [2.75, 3.05) is 0 Å². The Morgan fingerprint density at radius 3 is 2.38 bits per heavy atom. The molecule has 0 saturated carbocycles. The second-order valence-corrected chi connectivity index (χ2v) is 8.88. The van der Waals surface area contributed by atoms with Gasteiger partial charge in [-0.05, 0) is 29.0 Å². The summed E-state index contributed by atoms with van der Waals surface area (Å²) in [5.41, 5.74) is 3.74. The molecule has 34 heavy (non-hydrogen) atoms. The molecule has 1 N–H and O–H groups in total. The Morgan fingerprint density at radius 1 is 1.12 bits per heavy atom. The number of aliphatic hydroxyl groups is 1. The molecule has 6 heteroatoms. The van der Waals surface area contributed by atoms with E-state index in [0.717, 1.165) is 36.2 Å². The first kappa shape index (κ1) is 25.1. The van der Waals surface area contributed by atoms with Gasteiger partial charge < -0.3 is 9.67 Å². The molecule has 176 valence electrons. The van der Waals surface area contributed by atoms with Gasteiger partial charge in [0.05, 0.1) is 0 Å². The number of benzene rings is 2. The number of carbonyl (C=O) groups is 2. The third-order valence-electron chi connectivity index (χ3n) is 5.94. The first-order chi connectivity index (χ1) is 16.3. The highest BCUT2D eigenvalue weighted by Gasteiger charge is 2.24. The molecule has 0 spiro atoms. The molecule has 3 aromatic rings. The summed E-state index contributed by atoms with van der Waals surface area (Å²) in [7, 11) is 0. The minimum atomic E-state index is -0.797. The van der Waals surface area contributed by atoms with Gasteiger partial charge in [0.15, 0.2) is 5.78 Å². The van der Waals surface area contributed by atoms with Gasteiger partial charge in [-0.15, -0.1) is 0 Å². The minimum absolute atomic E-state index is 0.0495. The second kappa shape index (κ2) is 11.0. The highest BCUT2D eigenvalue weighted by Crippen LogP contribution is 2.28. The minimum Gasteiger partial charge on any atom is -0.386 e. The molecular formula is C28H31N3O3. The van der Waals surface area contributed by atoms with Crippen LogP contribution in [-0.2, 0) is 17.8 Å². The van der Waals surface area contributed by atoms with Crippen molar-refractivity contribution in [3.63, 3.8) is 0 Å². The fourth-order valence-electron chi connectivity index (χ4n) is 3.95. The van der Waals surface area contributed by atoms with E-state index in [1.54, 1.807) is 12.1 Å². The van der Waals surface area contributed by atoms with Gasteiger partial charge in [0, 0.05) is 25.5 Å². The number of Topliss-reactive ketones (excluding diaryl/α,β-unsaturated/α-hetero) is 2. The number of carbonyl (C=O) groups excluding carboxylic acids is 2. The summed E-state index contributed by atoms with van der Waals surface area (Å²) >= 11 is 0. The largest absolute Gasteiger partial charge is 0.386 e. The molecule has 0 saturated heterocycles. The number of nitriles is 1. The summed E-state index contributed by atoms with van der Waals surface area (Å²) in [6, 6.07) is 17.1. The number of aromatic nitrogens is 2. The molecule has 1 atom stereocenters. The van der Waals surface area contributed by atoms with E-state index in [0.29, 0.717) is 29.1 Å². The molecule has 1 aromatic heterocycles. The molecular weight excluding hydrogens is 426 g/mol. The summed E-state index contributed by atoms with van der Waals surface area (Å²) in [4.78, 5) is 28.6. The number of aliphatic hydroxyl groups excluding tert-OH is 1. The lowest BCUT2D eigenvalue weighted by atomic mass is 9.95. The van der Waals surface area contributed by atoms with Crippen LogP contribution in [0.25, 0.3) is 11.1 Å². The topological polar surface area (TPSA) is 96.0 Å². The highest BCUT2D eigenvalue weighted by atomic mass is 16.3. The average molecular weight is 458 g/mol. The maximum Gasteiger partial charge on any atom is 0.228 e. The highest BCUT2D eigenvalue weighted by molar-refractivity contribution is 6.44. The Morgan fingerprint density at radius 2 is 1.79 bits per heavy atom. The maximum atomic E-state index is 12.3. The van der Waals surface area contributed by atoms with Crippen molar-refractivity contribution < 1.29 is 14.7 Å². The van der Waals surface area contributed by atoms with Crippen LogP contribution in [0.1, 0.15) is 79.8 Å². The summed E-state index contributed by atoms with van der Waals surface area (Å²) in [6.07, 6.45) is 1.88. The summed E-state index contributed by atoms with van der Waals surface area (Å²) in [6.45, 7) is 7.65. The van der Waals surface area contributed by atoms with Gasteiger partial charge in [0.1, 0.15) is 29.4 Å². The quantitative estimate of drug-likeness (QED) is 0.330. The lowest BCUT2D eigenvalue weighted by Crippen LogP contribution is -2.11. The van der Waals surface area contributed by atoms with Gasteiger partial charge in [-0.25, -0.2) is 4.98 Å². The molecule has 2 aromatic carbocycles. The van der Waals surface area contributed by atoms with Crippen LogP contribution in [0.15, 0.2) is 48.5 Å².